The number of halogens is 1. The van der Waals surface area contributed by atoms with Gasteiger partial charge >= 0.3 is 0 Å². The van der Waals surface area contributed by atoms with Gasteiger partial charge < -0.3 is 0 Å². The average Bonchev–Trinajstić information content (AvgIpc) is 2.80. The molecular formula is C28H40ClNO2. The summed E-state index contributed by atoms with van der Waals surface area (Å²) >= 11 is 5.58. The highest BCUT2D eigenvalue weighted by atomic mass is 35.5. The Labute approximate surface area is 200 Å². The molecule has 0 fully saturated rings. The van der Waals surface area contributed by atoms with Gasteiger partial charge in [0.05, 0.1) is 18.0 Å². The Morgan fingerprint density at radius 1 is 0.750 bits per heavy atom. The van der Waals surface area contributed by atoms with Crippen molar-refractivity contribution in [2.45, 2.75) is 90.4 Å². The van der Waals surface area contributed by atoms with Crippen molar-refractivity contribution in [1.82, 2.24) is 0 Å². The molecule has 0 spiro atoms. The molecule has 0 radical (unpaired) electrons. The molecule has 0 unspecified atom stereocenters. The maximum atomic E-state index is 11.3. The molecule has 0 heterocycles. The van der Waals surface area contributed by atoms with Crippen LogP contribution in [-0.2, 0) is 16.1 Å². The van der Waals surface area contributed by atoms with Gasteiger partial charge in [0, 0.05) is 6.42 Å². The standard InChI is InChI=1S/C28H40ClNO2/c1-2-3-4-5-6-7-8-9-10-11-12-16-22-32-30(26-19-14-13-15-20-26)27-21-17-18-25(23-27)24-28(29)31/h13-15,17-21,23H,2-12,16,22,24H2,1H3. The number of unbranched alkanes of at least 4 members (excludes halogenated alkanes) is 11. The number of carbonyl (C=O) groups is 1. The van der Waals surface area contributed by atoms with E-state index in [0.717, 1.165) is 23.4 Å². The van der Waals surface area contributed by atoms with Crippen LogP contribution < -0.4 is 5.06 Å². The predicted molar refractivity (Wildman–Crippen MR) is 137 cm³/mol. The van der Waals surface area contributed by atoms with Crippen LogP contribution in [0, 0.1) is 0 Å². The summed E-state index contributed by atoms with van der Waals surface area (Å²) in [5, 5.41) is 1.51. The third kappa shape index (κ3) is 11.2. The maximum Gasteiger partial charge on any atom is 0.226 e. The number of rotatable bonds is 18. The second-order valence-corrected chi connectivity index (χ2v) is 8.98. The fourth-order valence-corrected chi connectivity index (χ4v) is 4.07. The minimum atomic E-state index is -0.356. The Balaban J connectivity index is 1.70. The number of anilines is 2. The molecule has 0 bridgehead atoms. The zero-order valence-electron chi connectivity index (χ0n) is 19.7. The number of para-hydroxylation sites is 1. The second kappa shape index (κ2) is 16.7. The van der Waals surface area contributed by atoms with Crippen LogP contribution in [0.25, 0.3) is 0 Å². The van der Waals surface area contributed by atoms with E-state index in [1.54, 1.807) is 0 Å². The molecule has 2 rings (SSSR count). The first-order chi connectivity index (χ1) is 15.7. The van der Waals surface area contributed by atoms with Gasteiger partial charge in [-0.25, -0.2) is 5.06 Å². The lowest BCUT2D eigenvalue weighted by Crippen LogP contribution is -2.18. The summed E-state index contributed by atoms with van der Waals surface area (Å²) in [6, 6.07) is 17.9. The topological polar surface area (TPSA) is 29.5 Å². The summed E-state index contributed by atoms with van der Waals surface area (Å²) in [5.74, 6) is 0. The highest BCUT2D eigenvalue weighted by Crippen LogP contribution is 2.27. The van der Waals surface area contributed by atoms with Gasteiger partial charge in [0.15, 0.2) is 0 Å². The number of hydrogen-bond acceptors (Lipinski definition) is 3. The van der Waals surface area contributed by atoms with Crippen molar-refractivity contribution in [3.63, 3.8) is 0 Å². The second-order valence-electron chi connectivity index (χ2n) is 8.55. The summed E-state index contributed by atoms with van der Waals surface area (Å²) < 4.78 is 0. The smallest absolute Gasteiger partial charge is 0.226 e. The number of carbonyl (C=O) groups excluding carboxylic acids is 1. The summed E-state index contributed by atoms with van der Waals surface area (Å²) in [6.07, 6.45) is 16.1. The Bertz CT molecular complexity index is 750. The molecule has 0 aliphatic carbocycles. The van der Waals surface area contributed by atoms with Gasteiger partial charge in [-0.2, -0.15) is 0 Å². The molecule has 0 aliphatic heterocycles. The highest BCUT2D eigenvalue weighted by Gasteiger charge is 2.11. The Hall–Kier alpha value is -1.84. The van der Waals surface area contributed by atoms with Crippen LogP contribution in [0.2, 0.25) is 0 Å². The molecule has 4 heteroatoms. The Morgan fingerprint density at radius 2 is 1.31 bits per heavy atom. The Kier molecular flexibility index (Phi) is 13.8. The molecule has 0 amide bonds. The van der Waals surface area contributed by atoms with Crippen LogP contribution in [0.1, 0.15) is 89.5 Å². The van der Waals surface area contributed by atoms with E-state index >= 15 is 0 Å². The first-order valence-corrected chi connectivity index (χ1v) is 12.8. The molecule has 0 saturated heterocycles. The molecule has 176 valence electrons. The number of nitrogens with zero attached hydrogens (tertiary/aromatic N) is 1. The van der Waals surface area contributed by atoms with Crippen molar-refractivity contribution in [2.24, 2.45) is 0 Å². The predicted octanol–water partition coefficient (Wildman–Crippen LogP) is 8.77. The van der Waals surface area contributed by atoms with E-state index in [-0.39, 0.29) is 11.7 Å². The van der Waals surface area contributed by atoms with E-state index in [4.69, 9.17) is 16.4 Å². The minimum Gasteiger partial charge on any atom is -0.281 e. The van der Waals surface area contributed by atoms with Gasteiger partial charge in [-0.1, -0.05) is 108 Å². The summed E-state index contributed by atoms with van der Waals surface area (Å²) in [6.45, 7) is 2.94. The zero-order chi connectivity index (χ0) is 22.9. The lowest BCUT2D eigenvalue weighted by molar-refractivity contribution is -0.111. The van der Waals surface area contributed by atoms with E-state index in [1.165, 1.54) is 70.6 Å². The normalized spacial score (nSPS) is 10.9. The van der Waals surface area contributed by atoms with Gasteiger partial charge in [-0.05, 0) is 47.9 Å². The molecule has 0 aromatic heterocycles. The summed E-state index contributed by atoms with van der Waals surface area (Å²) in [4.78, 5) is 17.5. The zero-order valence-corrected chi connectivity index (χ0v) is 20.5. The average molecular weight is 458 g/mol. The highest BCUT2D eigenvalue weighted by molar-refractivity contribution is 6.63. The van der Waals surface area contributed by atoms with Crippen molar-refractivity contribution >= 4 is 28.2 Å². The number of benzene rings is 2. The van der Waals surface area contributed by atoms with E-state index < -0.39 is 0 Å². The summed E-state index contributed by atoms with van der Waals surface area (Å²) in [7, 11) is 0. The molecule has 0 atom stereocenters. The quantitative estimate of drug-likeness (QED) is 0.127. The van der Waals surface area contributed by atoms with Gasteiger partial charge in [-0.15, -0.1) is 0 Å². The van der Waals surface area contributed by atoms with E-state index in [0.29, 0.717) is 6.61 Å². The third-order valence-electron chi connectivity index (χ3n) is 5.70. The van der Waals surface area contributed by atoms with Crippen LogP contribution in [0.5, 0.6) is 0 Å². The molecule has 32 heavy (non-hydrogen) atoms. The fourth-order valence-electron chi connectivity index (χ4n) is 3.91. The van der Waals surface area contributed by atoms with Gasteiger partial charge in [0.25, 0.3) is 0 Å². The van der Waals surface area contributed by atoms with Crippen LogP contribution in [0.3, 0.4) is 0 Å². The van der Waals surface area contributed by atoms with Crippen molar-refractivity contribution in [3.05, 3.63) is 60.2 Å². The van der Waals surface area contributed by atoms with E-state index in [2.05, 4.69) is 6.92 Å². The molecule has 2 aromatic rings. The molecule has 0 N–H and O–H groups in total. The largest absolute Gasteiger partial charge is 0.281 e. The molecular weight excluding hydrogens is 418 g/mol. The SMILES string of the molecule is CCCCCCCCCCCCCCON(c1ccccc1)c1cccc(CC(=O)Cl)c1. The van der Waals surface area contributed by atoms with Gasteiger partial charge in [0.2, 0.25) is 5.24 Å². The number of hydrogen-bond donors (Lipinski definition) is 0. The third-order valence-corrected chi connectivity index (χ3v) is 5.83. The van der Waals surface area contributed by atoms with Crippen molar-refractivity contribution in [2.75, 3.05) is 11.7 Å². The Morgan fingerprint density at radius 3 is 1.91 bits per heavy atom. The minimum absolute atomic E-state index is 0.219. The maximum absolute atomic E-state index is 11.3. The monoisotopic (exact) mass is 457 g/mol. The van der Waals surface area contributed by atoms with Gasteiger partial charge in [-0.3, -0.25) is 9.63 Å². The van der Waals surface area contributed by atoms with Crippen LogP contribution in [0.15, 0.2) is 54.6 Å². The fraction of sp³-hybridized carbons (Fsp3) is 0.536. The first kappa shape index (κ1) is 26.4. The van der Waals surface area contributed by atoms with E-state index in [9.17, 15) is 4.79 Å². The van der Waals surface area contributed by atoms with Crippen LogP contribution >= 0.6 is 11.6 Å². The molecule has 0 aliphatic rings. The van der Waals surface area contributed by atoms with Crippen molar-refractivity contribution in [1.29, 1.82) is 0 Å². The van der Waals surface area contributed by atoms with Crippen molar-refractivity contribution < 1.29 is 9.63 Å². The summed E-state index contributed by atoms with van der Waals surface area (Å²) in [5.41, 5.74) is 2.77. The van der Waals surface area contributed by atoms with Gasteiger partial charge in [0.1, 0.15) is 0 Å². The lowest BCUT2D eigenvalue weighted by Gasteiger charge is -2.24. The molecule has 0 saturated carbocycles. The van der Waals surface area contributed by atoms with Crippen LogP contribution in [0.4, 0.5) is 11.4 Å². The van der Waals surface area contributed by atoms with Crippen molar-refractivity contribution in [3.8, 4) is 0 Å². The van der Waals surface area contributed by atoms with Crippen LogP contribution in [-0.4, -0.2) is 11.8 Å². The van der Waals surface area contributed by atoms with E-state index in [1.807, 2.05) is 59.7 Å². The molecule has 2 aromatic carbocycles. The first-order valence-electron chi connectivity index (χ1n) is 12.5. The lowest BCUT2D eigenvalue weighted by atomic mass is 10.1. The molecule has 3 nitrogen and oxygen atoms in total.